The van der Waals surface area contributed by atoms with E-state index in [2.05, 4.69) is 15.6 Å². The molecule has 0 saturated carbocycles. The maximum atomic E-state index is 12.8. The Kier molecular flexibility index (Phi) is 11.1. The van der Waals surface area contributed by atoms with E-state index in [1.807, 2.05) is 32.1 Å². The van der Waals surface area contributed by atoms with Crippen LogP contribution in [-0.4, -0.2) is 31.9 Å². The first-order valence-electron chi connectivity index (χ1n) is 9.04. The molecular formula is C21H28Cl2N4O2. The quantitative estimate of drug-likeness (QED) is 0.380. The molecule has 6 nitrogen and oxygen atoms in total. The molecule has 29 heavy (non-hydrogen) atoms. The van der Waals surface area contributed by atoms with E-state index in [-0.39, 0.29) is 11.6 Å². The molecule has 0 saturated heterocycles. The maximum absolute atomic E-state index is 12.8. The summed E-state index contributed by atoms with van der Waals surface area (Å²) in [5, 5.41) is 7.07. The number of nitrogens with one attached hydrogen (secondary N) is 2. The number of aliphatic imine (C=N–C) groups is 1. The average molecular weight is 439 g/mol. The highest BCUT2D eigenvalue weighted by atomic mass is 35.5. The molecule has 1 aromatic carbocycles. The van der Waals surface area contributed by atoms with Gasteiger partial charge in [-0.25, -0.2) is 0 Å². The molecule has 0 aromatic heterocycles. The van der Waals surface area contributed by atoms with Gasteiger partial charge < -0.3 is 21.1 Å². The number of halogens is 2. The zero-order chi connectivity index (χ0) is 21.8. The van der Waals surface area contributed by atoms with Crippen molar-refractivity contribution in [3.63, 3.8) is 0 Å². The van der Waals surface area contributed by atoms with Crippen LogP contribution in [0.2, 0.25) is 10.0 Å². The second-order valence-electron chi connectivity index (χ2n) is 6.40. The SMILES string of the molecule is COC/C=C/CN=C(C(=O)NC(NCc1ccc(Cl)c(Cl)c1)=C(C)C)/C(C)=C\N. The van der Waals surface area contributed by atoms with Gasteiger partial charge in [-0.2, -0.15) is 0 Å². The van der Waals surface area contributed by atoms with Crippen molar-refractivity contribution >= 4 is 34.8 Å². The first-order chi connectivity index (χ1) is 13.8. The van der Waals surface area contributed by atoms with Gasteiger partial charge in [-0.3, -0.25) is 9.79 Å². The minimum atomic E-state index is -0.345. The van der Waals surface area contributed by atoms with E-state index in [9.17, 15) is 4.79 Å². The van der Waals surface area contributed by atoms with Crippen LogP contribution in [0.15, 0.2) is 58.5 Å². The number of allylic oxidation sites excluding steroid dienone is 1. The summed E-state index contributed by atoms with van der Waals surface area (Å²) in [6.07, 6.45) is 5.02. The molecule has 0 aliphatic rings. The van der Waals surface area contributed by atoms with Gasteiger partial charge in [0.15, 0.2) is 0 Å². The third-order valence-corrected chi connectivity index (χ3v) is 4.55. The van der Waals surface area contributed by atoms with Crippen molar-refractivity contribution in [2.24, 2.45) is 10.7 Å². The normalized spacial score (nSPS) is 12.2. The Morgan fingerprint density at radius 1 is 1.21 bits per heavy atom. The number of carbonyl (C=O) groups is 1. The monoisotopic (exact) mass is 438 g/mol. The molecular weight excluding hydrogens is 411 g/mol. The Morgan fingerprint density at radius 3 is 2.52 bits per heavy atom. The van der Waals surface area contributed by atoms with E-state index >= 15 is 0 Å². The predicted octanol–water partition coefficient (Wildman–Crippen LogP) is 3.96. The van der Waals surface area contributed by atoms with Gasteiger partial charge in [0, 0.05) is 13.7 Å². The Balaban J connectivity index is 2.88. The summed E-state index contributed by atoms with van der Waals surface area (Å²) in [7, 11) is 1.61. The van der Waals surface area contributed by atoms with Gasteiger partial charge in [-0.1, -0.05) is 41.4 Å². The molecule has 0 aliphatic carbocycles. The molecule has 8 heteroatoms. The third kappa shape index (κ3) is 8.73. The number of amides is 1. The van der Waals surface area contributed by atoms with Gasteiger partial charge in [-0.05, 0) is 55.8 Å². The van der Waals surface area contributed by atoms with Crippen molar-refractivity contribution in [2.45, 2.75) is 27.3 Å². The predicted molar refractivity (Wildman–Crippen MR) is 121 cm³/mol. The molecule has 1 amide bonds. The Labute approximate surface area is 182 Å². The number of methoxy groups -OCH3 is 1. The van der Waals surface area contributed by atoms with Crippen molar-refractivity contribution in [1.82, 2.24) is 10.6 Å². The summed E-state index contributed by atoms with van der Waals surface area (Å²) in [5.41, 5.74) is 8.30. The minimum Gasteiger partial charge on any atom is -0.404 e. The van der Waals surface area contributed by atoms with Crippen LogP contribution in [0.4, 0.5) is 0 Å². The standard InChI is InChI=1S/C21H28Cl2N4O2/c1-14(2)20(26-13-16-7-8-17(22)18(23)11-16)27-21(28)19(15(3)12-24)25-9-5-6-10-29-4/h5-8,11-12,26H,9-10,13,24H2,1-4H3,(H,27,28)/b6-5+,15-12-,25-19?. The summed E-state index contributed by atoms with van der Waals surface area (Å²) in [6, 6.07) is 5.38. The van der Waals surface area contributed by atoms with Gasteiger partial charge in [0.25, 0.3) is 5.91 Å². The molecule has 0 aliphatic heterocycles. The molecule has 0 fully saturated rings. The summed E-state index contributed by atoms with van der Waals surface area (Å²) in [5.74, 6) is 0.246. The van der Waals surface area contributed by atoms with Crippen molar-refractivity contribution in [3.8, 4) is 0 Å². The Hall–Kier alpha value is -2.28. The first kappa shape index (κ1) is 24.8. The molecule has 0 atom stereocenters. The number of hydrogen-bond acceptors (Lipinski definition) is 5. The van der Waals surface area contributed by atoms with Crippen LogP contribution >= 0.6 is 23.2 Å². The summed E-state index contributed by atoms with van der Waals surface area (Å²) >= 11 is 12.0. The summed E-state index contributed by atoms with van der Waals surface area (Å²) < 4.78 is 4.95. The van der Waals surface area contributed by atoms with Crippen LogP contribution in [0.25, 0.3) is 0 Å². The lowest BCUT2D eigenvalue weighted by molar-refractivity contribution is -0.114. The number of rotatable bonds is 10. The fourth-order valence-corrected chi connectivity index (χ4v) is 2.52. The number of ether oxygens (including phenoxy) is 1. The highest BCUT2D eigenvalue weighted by molar-refractivity contribution is 6.45. The van der Waals surface area contributed by atoms with Gasteiger partial charge in [0.05, 0.1) is 23.2 Å². The van der Waals surface area contributed by atoms with E-state index in [0.29, 0.717) is 41.1 Å². The van der Waals surface area contributed by atoms with E-state index in [0.717, 1.165) is 11.1 Å². The lowest BCUT2D eigenvalue weighted by Crippen LogP contribution is -2.37. The fraction of sp³-hybridized carbons (Fsp3) is 0.333. The second-order valence-corrected chi connectivity index (χ2v) is 7.21. The van der Waals surface area contributed by atoms with Crippen molar-refractivity contribution < 1.29 is 9.53 Å². The van der Waals surface area contributed by atoms with E-state index in [4.69, 9.17) is 33.7 Å². The highest BCUT2D eigenvalue weighted by Crippen LogP contribution is 2.22. The zero-order valence-electron chi connectivity index (χ0n) is 17.2. The smallest absolute Gasteiger partial charge is 0.275 e. The van der Waals surface area contributed by atoms with Gasteiger partial charge in [0.1, 0.15) is 11.5 Å². The second kappa shape index (κ2) is 13.0. The van der Waals surface area contributed by atoms with Crippen LogP contribution < -0.4 is 16.4 Å². The zero-order valence-corrected chi connectivity index (χ0v) is 18.7. The van der Waals surface area contributed by atoms with Crippen molar-refractivity contribution in [2.75, 3.05) is 20.3 Å². The van der Waals surface area contributed by atoms with E-state index in [1.54, 1.807) is 26.2 Å². The van der Waals surface area contributed by atoms with Crippen LogP contribution in [0, 0.1) is 0 Å². The largest absolute Gasteiger partial charge is 0.404 e. The number of carbonyl (C=O) groups excluding carboxylic acids is 1. The van der Waals surface area contributed by atoms with E-state index < -0.39 is 0 Å². The Morgan fingerprint density at radius 2 is 1.93 bits per heavy atom. The van der Waals surface area contributed by atoms with Gasteiger partial charge in [0.2, 0.25) is 0 Å². The molecule has 0 bridgehead atoms. The molecule has 0 unspecified atom stereocenters. The average Bonchev–Trinajstić information content (AvgIpc) is 2.69. The van der Waals surface area contributed by atoms with Crippen LogP contribution in [-0.2, 0) is 16.1 Å². The molecule has 158 valence electrons. The van der Waals surface area contributed by atoms with Gasteiger partial charge in [-0.15, -0.1) is 0 Å². The number of nitrogens with zero attached hydrogens (tertiary/aromatic N) is 1. The summed E-state index contributed by atoms with van der Waals surface area (Å²) in [4.78, 5) is 17.1. The molecule has 1 aromatic rings. The lowest BCUT2D eigenvalue weighted by Gasteiger charge is -2.16. The fourth-order valence-electron chi connectivity index (χ4n) is 2.20. The maximum Gasteiger partial charge on any atom is 0.275 e. The molecule has 4 N–H and O–H groups in total. The third-order valence-electron chi connectivity index (χ3n) is 3.81. The number of nitrogens with two attached hydrogens (primary N) is 1. The van der Waals surface area contributed by atoms with Gasteiger partial charge >= 0.3 is 0 Å². The number of hydrogen-bond donors (Lipinski definition) is 3. The van der Waals surface area contributed by atoms with Crippen LogP contribution in [0.5, 0.6) is 0 Å². The molecule has 0 spiro atoms. The molecule has 0 radical (unpaired) electrons. The Bertz CT molecular complexity index is 826. The topological polar surface area (TPSA) is 88.7 Å². The van der Waals surface area contributed by atoms with Crippen molar-refractivity contribution in [3.05, 3.63) is 69.1 Å². The summed E-state index contributed by atoms with van der Waals surface area (Å²) in [6.45, 7) is 6.83. The molecule has 1 rings (SSSR count). The lowest BCUT2D eigenvalue weighted by atomic mass is 10.1. The van der Waals surface area contributed by atoms with Crippen molar-refractivity contribution in [1.29, 1.82) is 0 Å². The first-order valence-corrected chi connectivity index (χ1v) is 9.79. The number of benzene rings is 1. The van der Waals surface area contributed by atoms with Crippen LogP contribution in [0.1, 0.15) is 26.3 Å². The van der Waals surface area contributed by atoms with Crippen LogP contribution in [0.3, 0.4) is 0 Å². The minimum absolute atomic E-state index is 0.268. The van der Waals surface area contributed by atoms with E-state index in [1.165, 1.54) is 6.20 Å². The molecule has 0 heterocycles. The highest BCUT2D eigenvalue weighted by Gasteiger charge is 2.15.